The van der Waals surface area contributed by atoms with Crippen LogP contribution in [0.3, 0.4) is 0 Å². The van der Waals surface area contributed by atoms with Crippen molar-refractivity contribution in [3.05, 3.63) is 89.4 Å². The van der Waals surface area contributed by atoms with Crippen LogP contribution < -0.4 is 9.96 Å². The monoisotopic (exact) mass is 420 g/mol. The SMILES string of the molecule is O=C1[C@H]2[C@@H](ON(c3ccccc3)[C@H]2c2ccc(O)cc2)C(=O)N1c1ccccc1Cl. The van der Waals surface area contributed by atoms with Crippen LogP contribution >= 0.6 is 11.6 Å². The second kappa shape index (κ2) is 7.16. The van der Waals surface area contributed by atoms with Gasteiger partial charge in [0.05, 0.1) is 22.4 Å². The molecule has 0 aromatic heterocycles. The van der Waals surface area contributed by atoms with Gasteiger partial charge in [-0.05, 0) is 42.0 Å². The Balaban J connectivity index is 1.60. The molecule has 2 saturated heterocycles. The Bertz CT molecular complexity index is 1120. The van der Waals surface area contributed by atoms with E-state index in [-0.39, 0.29) is 11.7 Å². The van der Waals surface area contributed by atoms with Gasteiger partial charge in [0, 0.05) is 0 Å². The van der Waals surface area contributed by atoms with Gasteiger partial charge in [0.25, 0.3) is 5.91 Å². The Hall–Kier alpha value is -3.35. The Labute approximate surface area is 177 Å². The summed E-state index contributed by atoms with van der Waals surface area (Å²) in [5, 5.41) is 11.6. The standard InChI is InChI=1S/C23H17ClN2O4/c24-17-8-4-5-9-18(17)25-22(28)19-20(14-10-12-16(27)13-11-14)26(30-21(19)23(25)29)15-6-2-1-3-7-15/h1-13,19-21,27H/t19-,20+,21-/m1/s1. The Kier molecular flexibility index (Phi) is 4.46. The number of imide groups is 1. The summed E-state index contributed by atoms with van der Waals surface area (Å²) in [6.07, 6.45) is -0.965. The topological polar surface area (TPSA) is 70.1 Å². The number of fused-ring (bicyclic) bond motifs is 1. The molecule has 2 aliphatic heterocycles. The number of carbonyl (C=O) groups is 2. The third-order valence-corrected chi connectivity index (χ3v) is 5.77. The van der Waals surface area contributed by atoms with Crippen molar-refractivity contribution in [3.8, 4) is 5.75 Å². The van der Waals surface area contributed by atoms with Crippen LogP contribution in [0.4, 0.5) is 11.4 Å². The summed E-state index contributed by atoms with van der Waals surface area (Å²) in [6, 6.07) is 22.1. The van der Waals surface area contributed by atoms with Gasteiger partial charge in [-0.1, -0.05) is 54.1 Å². The molecular formula is C23H17ClN2O4. The molecule has 3 aromatic rings. The van der Waals surface area contributed by atoms with Gasteiger partial charge in [-0.15, -0.1) is 0 Å². The van der Waals surface area contributed by atoms with E-state index in [1.807, 2.05) is 30.3 Å². The number of carbonyl (C=O) groups excluding carboxylic acids is 2. The van der Waals surface area contributed by atoms with Crippen molar-refractivity contribution in [1.29, 1.82) is 0 Å². The molecule has 0 radical (unpaired) electrons. The number of para-hydroxylation sites is 2. The molecule has 30 heavy (non-hydrogen) atoms. The number of halogens is 1. The molecule has 1 N–H and O–H groups in total. The molecule has 3 atom stereocenters. The van der Waals surface area contributed by atoms with Gasteiger partial charge in [0.15, 0.2) is 6.10 Å². The highest BCUT2D eigenvalue weighted by atomic mass is 35.5. The van der Waals surface area contributed by atoms with Gasteiger partial charge < -0.3 is 5.11 Å². The number of hydroxylamine groups is 1. The maximum absolute atomic E-state index is 13.5. The molecule has 2 amide bonds. The first-order valence-corrected chi connectivity index (χ1v) is 9.86. The fraction of sp³-hybridized carbons (Fsp3) is 0.130. The van der Waals surface area contributed by atoms with Gasteiger partial charge in [-0.2, -0.15) is 0 Å². The molecule has 2 aliphatic rings. The fourth-order valence-electron chi connectivity index (χ4n) is 4.09. The molecule has 0 spiro atoms. The largest absolute Gasteiger partial charge is 0.508 e. The Morgan fingerprint density at radius 2 is 1.50 bits per heavy atom. The van der Waals surface area contributed by atoms with E-state index in [9.17, 15) is 14.7 Å². The van der Waals surface area contributed by atoms with Crippen LogP contribution in [0, 0.1) is 5.92 Å². The van der Waals surface area contributed by atoms with Crippen LogP contribution in [0.1, 0.15) is 11.6 Å². The predicted octanol–water partition coefficient (Wildman–Crippen LogP) is 4.10. The second-order valence-electron chi connectivity index (χ2n) is 7.21. The molecule has 5 rings (SSSR count). The highest BCUT2D eigenvalue weighted by molar-refractivity contribution is 6.36. The van der Waals surface area contributed by atoms with Crippen molar-refractivity contribution in [1.82, 2.24) is 0 Å². The summed E-state index contributed by atoms with van der Waals surface area (Å²) in [5.41, 5.74) is 1.84. The van der Waals surface area contributed by atoms with Crippen LogP contribution in [-0.4, -0.2) is 23.0 Å². The number of anilines is 2. The van der Waals surface area contributed by atoms with Gasteiger partial charge in [-0.25, -0.2) is 9.96 Å². The van der Waals surface area contributed by atoms with Crippen LogP contribution in [0.25, 0.3) is 0 Å². The first-order chi connectivity index (χ1) is 14.6. The zero-order chi connectivity index (χ0) is 20.8. The Morgan fingerprint density at radius 3 is 2.20 bits per heavy atom. The Morgan fingerprint density at radius 1 is 0.833 bits per heavy atom. The average Bonchev–Trinajstić information content (AvgIpc) is 3.26. The summed E-state index contributed by atoms with van der Waals surface area (Å²) in [4.78, 5) is 33.9. The van der Waals surface area contributed by atoms with Crippen molar-refractivity contribution in [2.45, 2.75) is 12.1 Å². The van der Waals surface area contributed by atoms with E-state index in [0.717, 1.165) is 16.2 Å². The first-order valence-electron chi connectivity index (χ1n) is 9.48. The molecule has 0 aliphatic carbocycles. The minimum atomic E-state index is -0.965. The van der Waals surface area contributed by atoms with Crippen molar-refractivity contribution in [2.24, 2.45) is 5.92 Å². The summed E-state index contributed by atoms with van der Waals surface area (Å²) in [6.45, 7) is 0. The maximum Gasteiger partial charge on any atom is 0.266 e. The number of phenolic OH excluding ortho intramolecular Hbond substituents is 1. The van der Waals surface area contributed by atoms with Gasteiger partial charge in [0.1, 0.15) is 11.7 Å². The molecule has 3 aromatic carbocycles. The zero-order valence-electron chi connectivity index (χ0n) is 15.7. The molecule has 2 heterocycles. The lowest BCUT2D eigenvalue weighted by atomic mass is 9.90. The lowest BCUT2D eigenvalue weighted by Crippen LogP contribution is -2.37. The number of hydrogen-bond donors (Lipinski definition) is 1. The van der Waals surface area contributed by atoms with E-state index in [0.29, 0.717) is 10.7 Å². The van der Waals surface area contributed by atoms with E-state index >= 15 is 0 Å². The summed E-state index contributed by atoms with van der Waals surface area (Å²) < 4.78 is 0. The molecule has 0 unspecified atom stereocenters. The third kappa shape index (κ3) is 2.84. The van der Waals surface area contributed by atoms with E-state index in [2.05, 4.69) is 0 Å². The summed E-state index contributed by atoms with van der Waals surface area (Å²) in [7, 11) is 0. The number of aromatic hydroxyl groups is 1. The van der Waals surface area contributed by atoms with Crippen molar-refractivity contribution < 1.29 is 19.5 Å². The number of amides is 2. The highest BCUT2D eigenvalue weighted by Crippen LogP contribution is 2.48. The summed E-state index contributed by atoms with van der Waals surface area (Å²) >= 11 is 6.26. The lowest BCUT2D eigenvalue weighted by Gasteiger charge is -2.29. The van der Waals surface area contributed by atoms with Crippen molar-refractivity contribution in [2.75, 3.05) is 9.96 Å². The van der Waals surface area contributed by atoms with E-state index in [4.69, 9.17) is 16.4 Å². The number of benzene rings is 3. The van der Waals surface area contributed by atoms with E-state index in [1.54, 1.807) is 53.6 Å². The quantitative estimate of drug-likeness (QED) is 0.646. The fourth-order valence-corrected chi connectivity index (χ4v) is 4.31. The minimum absolute atomic E-state index is 0.118. The maximum atomic E-state index is 13.5. The van der Waals surface area contributed by atoms with Gasteiger partial charge >= 0.3 is 0 Å². The predicted molar refractivity (Wildman–Crippen MR) is 112 cm³/mol. The smallest absolute Gasteiger partial charge is 0.266 e. The number of hydrogen-bond acceptors (Lipinski definition) is 5. The average molecular weight is 421 g/mol. The number of rotatable bonds is 3. The number of phenols is 1. The van der Waals surface area contributed by atoms with Crippen LogP contribution in [0.15, 0.2) is 78.9 Å². The van der Waals surface area contributed by atoms with Crippen LogP contribution in [0.5, 0.6) is 5.75 Å². The summed E-state index contributed by atoms with van der Waals surface area (Å²) in [5.74, 6) is -1.44. The molecule has 7 heteroatoms. The second-order valence-corrected chi connectivity index (χ2v) is 7.62. The minimum Gasteiger partial charge on any atom is -0.508 e. The van der Waals surface area contributed by atoms with Crippen molar-refractivity contribution in [3.63, 3.8) is 0 Å². The van der Waals surface area contributed by atoms with Crippen LogP contribution in [0.2, 0.25) is 5.02 Å². The molecule has 2 fully saturated rings. The van der Waals surface area contributed by atoms with Crippen molar-refractivity contribution >= 4 is 34.8 Å². The molecule has 0 saturated carbocycles. The molecule has 0 bridgehead atoms. The lowest BCUT2D eigenvalue weighted by molar-refractivity contribution is -0.126. The van der Waals surface area contributed by atoms with Gasteiger partial charge in [0.2, 0.25) is 5.91 Å². The normalized spacial score (nSPS) is 23.2. The zero-order valence-corrected chi connectivity index (χ0v) is 16.4. The highest BCUT2D eigenvalue weighted by Gasteiger charge is 2.60. The third-order valence-electron chi connectivity index (χ3n) is 5.45. The molecule has 6 nitrogen and oxygen atoms in total. The molecule has 150 valence electrons. The number of nitrogens with zero attached hydrogens (tertiary/aromatic N) is 2. The van der Waals surface area contributed by atoms with E-state index < -0.39 is 24.0 Å². The first kappa shape index (κ1) is 18.7. The van der Waals surface area contributed by atoms with Gasteiger partial charge in [-0.3, -0.25) is 14.4 Å². The van der Waals surface area contributed by atoms with E-state index in [1.165, 1.54) is 0 Å². The van der Waals surface area contributed by atoms with Crippen LogP contribution in [-0.2, 0) is 14.4 Å². The molecular weight excluding hydrogens is 404 g/mol.